The summed E-state index contributed by atoms with van der Waals surface area (Å²) in [7, 11) is 0. The van der Waals surface area contributed by atoms with E-state index in [0.717, 1.165) is 18.6 Å². The van der Waals surface area contributed by atoms with Crippen molar-refractivity contribution in [2.75, 3.05) is 6.61 Å². The van der Waals surface area contributed by atoms with Crippen LogP contribution in [0.2, 0.25) is 0 Å². The predicted molar refractivity (Wildman–Crippen MR) is 83.5 cm³/mol. The average molecular weight is 308 g/mol. The van der Waals surface area contributed by atoms with Crippen LogP contribution >= 0.6 is 0 Å². The van der Waals surface area contributed by atoms with Crippen LogP contribution in [0.5, 0.6) is 11.5 Å². The Hall–Kier alpha value is -2.24. The fraction of sp³-hybridized carbons (Fsp3) is 0.500. The Labute approximate surface area is 131 Å². The SMILES string of the molecule is CCCCC(=O)NNC(=O)C(C)Oc1ccc(OCC)cc1. The van der Waals surface area contributed by atoms with Crippen LogP contribution in [0.15, 0.2) is 24.3 Å². The van der Waals surface area contributed by atoms with Crippen LogP contribution in [-0.2, 0) is 9.59 Å². The molecule has 1 unspecified atom stereocenters. The predicted octanol–water partition coefficient (Wildman–Crippen LogP) is 2.19. The number of hydrazine groups is 1. The Kier molecular flexibility index (Phi) is 7.81. The highest BCUT2D eigenvalue weighted by atomic mass is 16.5. The van der Waals surface area contributed by atoms with Gasteiger partial charge in [0.15, 0.2) is 6.10 Å². The second-order valence-electron chi connectivity index (χ2n) is 4.81. The van der Waals surface area contributed by atoms with Gasteiger partial charge < -0.3 is 9.47 Å². The molecule has 122 valence electrons. The lowest BCUT2D eigenvalue weighted by molar-refractivity contribution is -0.132. The van der Waals surface area contributed by atoms with Gasteiger partial charge in [-0.2, -0.15) is 0 Å². The first-order chi connectivity index (χ1) is 10.6. The van der Waals surface area contributed by atoms with E-state index >= 15 is 0 Å². The van der Waals surface area contributed by atoms with E-state index in [9.17, 15) is 9.59 Å². The average Bonchev–Trinajstić information content (AvgIpc) is 2.52. The number of ether oxygens (including phenoxy) is 2. The number of unbranched alkanes of at least 4 members (excludes halogenated alkanes) is 1. The number of amides is 2. The summed E-state index contributed by atoms with van der Waals surface area (Å²) in [6, 6.07) is 7.01. The minimum Gasteiger partial charge on any atom is -0.494 e. The fourth-order valence-electron chi connectivity index (χ4n) is 1.67. The van der Waals surface area contributed by atoms with Gasteiger partial charge in [0.2, 0.25) is 5.91 Å². The molecule has 6 heteroatoms. The molecule has 0 saturated heterocycles. The van der Waals surface area contributed by atoms with E-state index in [0.29, 0.717) is 18.8 Å². The number of rotatable bonds is 8. The summed E-state index contributed by atoms with van der Waals surface area (Å²) in [5.41, 5.74) is 4.73. The molecule has 0 spiro atoms. The molecule has 0 saturated carbocycles. The lowest BCUT2D eigenvalue weighted by atomic mass is 10.2. The van der Waals surface area contributed by atoms with Crippen LogP contribution in [0.3, 0.4) is 0 Å². The van der Waals surface area contributed by atoms with E-state index in [1.165, 1.54) is 0 Å². The summed E-state index contributed by atoms with van der Waals surface area (Å²) in [4.78, 5) is 23.2. The van der Waals surface area contributed by atoms with Crippen LogP contribution in [0.25, 0.3) is 0 Å². The standard InChI is InChI=1S/C16H24N2O4/c1-4-6-7-15(19)17-18-16(20)12(3)22-14-10-8-13(9-11-14)21-5-2/h8-12H,4-7H2,1-3H3,(H,17,19)(H,18,20). The van der Waals surface area contributed by atoms with Gasteiger partial charge >= 0.3 is 0 Å². The number of nitrogens with one attached hydrogen (secondary N) is 2. The van der Waals surface area contributed by atoms with Gasteiger partial charge in [0.1, 0.15) is 11.5 Å². The minimum atomic E-state index is -0.718. The molecule has 2 amide bonds. The molecule has 0 aliphatic rings. The second kappa shape index (κ2) is 9.65. The Morgan fingerprint density at radius 2 is 1.73 bits per heavy atom. The summed E-state index contributed by atoms with van der Waals surface area (Å²) in [5.74, 6) is 0.695. The van der Waals surface area contributed by atoms with E-state index < -0.39 is 12.0 Å². The molecule has 0 aromatic heterocycles. The molecule has 0 aliphatic heterocycles. The number of hydrogen-bond donors (Lipinski definition) is 2. The van der Waals surface area contributed by atoms with E-state index in [2.05, 4.69) is 10.9 Å². The zero-order chi connectivity index (χ0) is 16.4. The largest absolute Gasteiger partial charge is 0.494 e. The molecule has 1 aromatic carbocycles. The molecule has 22 heavy (non-hydrogen) atoms. The fourth-order valence-corrected chi connectivity index (χ4v) is 1.67. The normalized spacial score (nSPS) is 11.4. The van der Waals surface area contributed by atoms with Crippen molar-refractivity contribution in [3.8, 4) is 11.5 Å². The highest BCUT2D eigenvalue weighted by Gasteiger charge is 2.15. The number of hydrogen-bond acceptors (Lipinski definition) is 4. The van der Waals surface area contributed by atoms with Gasteiger partial charge in [-0.15, -0.1) is 0 Å². The molecule has 1 rings (SSSR count). The second-order valence-corrected chi connectivity index (χ2v) is 4.81. The Morgan fingerprint density at radius 3 is 2.32 bits per heavy atom. The first-order valence-electron chi connectivity index (χ1n) is 7.55. The smallest absolute Gasteiger partial charge is 0.279 e. The quantitative estimate of drug-likeness (QED) is 0.722. The van der Waals surface area contributed by atoms with Gasteiger partial charge in [-0.1, -0.05) is 13.3 Å². The van der Waals surface area contributed by atoms with E-state index in [-0.39, 0.29) is 5.91 Å². The molecule has 0 radical (unpaired) electrons. The van der Waals surface area contributed by atoms with Gasteiger partial charge in [0.25, 0.3) is 5.91 Å². The van der Waals surface area contributed by atoms with E-state index in [1.807, 2.05) is 13.8 Å². The zero-order valence-electron chi connectivity index (χ0n) is 13.3. The Bertz CT molecular complexity index is 474. The molecule has 1 aromatic rings. The van der Waals surface area contributed by atoms with Crippen molar-refractivity contribution in [1.29, 1.82) is 0 Å². The topological polar surface area (TPSA) is 76.7 Å². The number of carbonyl (C=O) groups is 2. The van der Waals surface area contributed by atoms with Gasteiger partial charge in [-0.05, 0) is 44.5 Å². The van der Waals surface area contributed by atoms with Crippen molar-refractivity contribution in [2.45, 2.75) is 46.1 Å². The van der Waals surface area contributed by atoms with Crippen LogP contribution < -0.4 is 20.3 Å². The Balaban J connectivity index is 2.38. The molecular weight excluding hydrogens is 284 g/mol. The maximum atomic E-state index is 11.8. The molecule has 0 fully saturated rings. The molecule has 0 heterocycles. The third kappa shape index (κ3) is 6.47. The van der Waals surface area contributed by atoms with E-state index in [4.69, 9.17) is 9.47 Å². The van der Waals surface area contributed by atoms with Crippen LogP contribution in [-0.4, -0.2) is 24.5 Å². The molecular formula is C16H24N2O4. The van der Waals surface area contributed by atoms with Crippen molar-refractivity contribution in [1.82, 2.24) is 10.9 Å². The summed E-state index contributed by atoms with van der Waals surface area (Å²) in [6.07, 6.45) is 1.40. The maximum absolute atomic E-state index is 11.8. The highest BCUT2D eigenvalue weighted by Crippen LogP contribution is 2.18. The van der Waals surface area contributed by atoms with Gasteiger partial charge in [0, 0.05) is 6.42 Å². The lowest BCUT2D eigenvalue weighted by Gasteiger charge is -2.15. The van der Waals surface area contributed by atoms with Crippen molar-refractivity contribution >= 4 is 11.8 Å². The van der Waals surface area contributed by atoms with E-state index in [1.54, 1.807) is 31.2 Å². The minimum absolute atomic E-state index is 0.205. The van der Waals surface area contributed by atoms with Crippen molar-refractivity contribution in [3.05, 3.63) is 24.3 Å². The van der Waals surface area contributed by atoms with Crippen LogP contribution in [0.4, 0.5) is 0 Å². The Morgan fingerprint density at radius 1 is 1.09 bits per heavy atom. The van der Waals surface area contributed by atoms with Crippen molar-refractivity contribution in [2.24, 2.45) is 0 Å². The molecule has 0 bridgehead atoms. The zero-order valence-corrected chi connectivity index (χ0v) is 13.3. The first-order valence-corrected chi connectivity index (χ1v) is 7.55. The third-order valence-electron chi connectivity index (χ3n) is 2.90. The maximum Gasteiger partial charge on any atom is 0.279 e. The number of benzene rings is 1. The molecule has 2 N–H and O–H groups in total. The van der Waals surface area contributed by atoms with Crippen LogP contribution in [0.1, 0.15) is 40.0 Å². The van der Waals surface area contributed by atoms with Crippen molar-refractivity contribution < 1.29 is 19.1 Å². The summed E-state index contributed by atoms with van der Waals surface area (Å²) >= 11 is 0. The summed E-state index contributed by atoms with van der Waals surface area (Å²) < 4.78 is 10.8. The summed E-state index contributed by atoms with van der Waals surface area (Å²) in [6.45, 7) is 6.12. The van der Waals surface area contributed by atoms with Crippen LogP contribution in [0, 0.1) is 0 Å². The molecule has 6 nitrogen and oxygen atoms in total. The molecule has 1 atom stereocenters. The van der Waals surface area contributed by atoms with Gasteiger partial charge in [-0.25, -0.2) is 0 Å². The lowest BCUT2D eigenvalue weighted by Crippen LogP contribution is -2.47. The monoisotopic (exact) mass is 308 g/mol. The van der Waals surface area contributed by atoms with Gasteiger partial charge in [0.05, 0.1) is 6.61 Å². The first kappa shape index (κ1) is 17.8. The third-order valence-corrected chi connectivity index (χ3v) is 2.90. The molecule has 0 aliphatic carbocycles. The number of carbonyl (C=O) groups excluding carboxylic acids is 2. The highest BCUT2D eigenvalue weighted by molar-refractivity contribution is 5.84. The van der Waals surface area contributed by atoms with Crippen molar-refractivity contribution in [3.63, 3.8) is 0 Å². The van der Waals surface area contributed by atoms with Gasteiger partial charge in [-0.3, -0.25) is 20.4 Å². The summed E-state index contributed by atoms with van der Waals surface area (Å²) in [5, 5.41) is 0.